The summed E-state index contributed by atoms with van der Waals surface area (Å²) in [5, 5.41) is 20.6. The fourth-order valence-corrected chi connectivity index (χ4v) is 3.44. The minimum Gasteiger partial charge on any atom is -0.373 e. The molecule has 2 N–H and O–H groups in total. The molecule has 0 saturated heterocycles. The lowest BCUT2D eigenvalue weighted by atomic mass is 10.1. The van der Waals surface area contributed by atoms with Crippen LogP contribution in [0.2, 0.25) is 5.02 Å². The third kappa shape index (κ3) is 3.89. The summed E-state index contributed by atoms with van der Waals surface area (Å²) in [6.45, 7) is 2.07. The minimum atomic E-state index is -5.22. The molecule has 2 aromatic rings. The maximum atomic E-state index is 12.7. The van der Waals surface area contributed by atoms with Crippen LogP contribution >= 0.6 is 11.6 Å². The molecule has 0 aliphatic carbocycles. The number of anilines is 1. The van der Waals surface area contributed by atoms with E-state index in [-0.39, 0.29) is 29.1 Å². The second kappa shape index (κ2) is 7.05. The van der Waals surface area contributed by atoms with Gasteiger partial charge in [-0.2, -0.15) is 13.2 Å². The number of hydrogen-bond donors (Lipinski definition) is 2. The number of benzene rings is 1. The molecule has 27 heavy (non-hydrogen) atoms. The van der Waals surface area contributed by atoms with E-state index in [4.69, 9.17) is 11.6 Å². The summed E-state index contributed by atoms with van der Waals surface area (Å²) in [6.07, 6.45) is -5.22. The second-order valence-corrected chi connectivity index (χ2v) is 7.70. The summed E-state index contributed by atoms with van der Waals surface area (Å²) in [6, 6.07) is 2.91. The fourth-order valence-electron chi connectivity index (χ4n) is 1.83. The van der Waals surface area contributed by atoms with Gasteiger partial charge in [0.15, 0.2) is 0 Å². The fraction of sp³-hybridized carbons (Fsp3) is 0.385. The van der Waals surface area contributed by atoms with Gasteiger partial charge in [0.25, 0.3) is 11.1 Å². The van der Waals surface area contributed by atoms with E-state index in [9.17, 15) is 31.5 Å². The largest absolute Gasteiger partial charge is 0.426 e. The van der Waals surface area contributed by atoms with Crippen LogP contribution in [-0.2, 0) is 21.2 Å². The van der Waals surface area contributed by atoms with Crippen molar-refractivity contribution in [2.75, 3.05) is 5.32 Å². The summed E-state index contributed by atoms with van der Waals surface area (Å²) < 4.78 is 64.2. The molecule has 0 aliphatic heterocycles. The van der Waals surface area contributed by atoms with Crippen LogP contribution in [0.4, 0.5) is 18.9 Å². The highest BCUT2D eigenvalue weighted by Gasteiger charge is 2.55. The number of carbonyl (C=O) groups is 1. The average molecular weight is 428 g/mol. The molecule has 0 saturated carbocycles. The molecule has 0 unspecified atom stereocenters. The van der Waals surface area contributed by atoms with Gasteiger partial charge in [0.2, 0.25) is 15.4 Å². The Kier molecular flexibility index (Phi) is 5.50. The zero-order chi connectivity index (χ0) is 20.6. The molecule has 1 atom stereocenters. The zero-order valence-electron chi connectivity index (χ0n) is 13.8. The predicted molar refractivity (Wildman–Crippen MR) is 85.7 cm³/mol. The number of rotatable bonds is 5. The van der Waals surface area contributed by atoms with Crippen molar-refractivity contribution >= 4 is 33.0 Å². The predicted octanol–water partition coefficient (Wildman–Crippen LogP) is 1.43. The molecule has 9 nitrogen and oxygen atoms in total. The highest BCUT2D eigenvalue weighted by atomic mass is 35.5. The van der Waals surface area contributed by atoms with E-state index in [0.717, 1.165) is 22.9 Å². The molecule has 2 rings (SSSR count). The molecule has 1 amide bonds. The normalized spacial score (nSPS) is 14.6. The third-order valence-electron chi connectivity index (χ3n) is 3.53. The number of halogens is 4. The van der Waals surface area contributed by atoms with Crippen molar-refractivity contribution in [3.63, 3.8) is 0 Å². The first kappa shape index (κ1) is 21.1. The maximum absolute atomic E-state index is 12.7. The zero-order valence-corrected chi connectivity index (χ0v) is 15.4. The first-order valence-electron chi connectivity index (χ1n) is 7.23. The van der Waals surface area contributed by atoms with E-state index in [2.05, 4.69) is 15.5 Å². The van der Waals surface area contributed by atoms with Gasteiger partial charge in [-0.15, -0.1) is 0 Å². The van der Waals surface area contributed by atoms with Crippen molar-refractivity contribution in [2.45, 2.75) is 42.2 Å². The molecule has 1 aromatic carbocycles. The number of aromatic nitrogens is 4. The standard InChI is InChI=1S/C13H13ClF3N5O4S/c1-3-22-11(19-20-21-22)27(25,26)7-4-5-9(8(14)6-7)18-10(23)12(2,24)13(15,16)17/h4-6,24H,3H2,1-2H3,(H,18,23)/t12-/m1/s1. The number of aliphatic hydroxyl groups is 1. The number of tetrazole rings is 1. The second-order valence-electron chi connectivity index (χ2n) is 5.45. The van der Waals surface area contributed by atoms with E-state index in [1.54, 1.807) is 6.92 Å². The van der Waals surface area contributed by atoms with E-state index in [1.165, 1.54) is 0 Å². The maximum Gasteiger partial charge on any atom is 0.426 e. The molecule has 0 bridgehead atoms. The van der Waals surface area contributed by atoms with Crippen LogP contribution in [0.15, 0.2) is 28.3 Å². The molecule has 1 aromatic heterocycles. The van der Waals surface area contributed by atoms with Crippen LogP contribution in [0, 0.1) is 0 Å². The van der Waals surface area contributed by atoms with Gasteiger partial charge < -0.3 is 10.4 Å². The molecular formula is C13H13ClF3N5O4S. The Labute approximate surface area is 156 Å². The lowest BCUT2D eigenvalue weighted by Crippen LogP contribution is -2.52. The van der Waals surface area contributed by atoms with Crippen LogP contribution < -0.4 is 5.32 Å². The highest BCUT2D eigenvalue weighted by molar-refractivity contribution is 7.91. The van der Waals surface area contributed by atoms with Gasteiger partial charge in [-0.05, 0) is 42.5 Å². The molecule has 0 spiro atoms. The minimum absolute atomic E-state index is 0.177. The van der Waals surface area contributed by atoms with E-state index >= 15 is 0 Å². The SMILES string of the molecule is CCn1nnnc1S(=O)(=O)c1ccc(NC(=O)[C@@](C)(O)C(F)(F)F)c(Cl)c1. The quantitative estimate of drug-likeness (QED) is 0.738. The summed E-state index contributed by atoms with van der Waals surface area (Å²) in [4.78, 5) is 11.4. The number of nitrogens with zero attached hydrogens (tertiary/aromatic N) is 4. The molecule has 0 aliphatic rings. The van der Waals surface area contributed by atoms with Gasteiger partial charge in [0.05, 0.1) is 15.6 Å². The summed E-state index contributed by atoms with van der Waals surface area (Å²) in [5.74, 6) is -1.78. The average Bonchev–Trinajstić information content (AvgIpc) is 3.04. The Bertz CT molecular complexity index is 975. The number of carbonyl (C=O) groups excluding carboxylic acids is 1. The van der Waals surface area contributed by atoms with Crippen LogP contribution in [0.25, 0.3) is 0 Å². The van der Waals surface area contributed by atoms with Gasteiger partial charge in [-0.25, -0.2) is 13.1 Å². The number of nitrogens with one attached hydrogen (secondary N) is 1. The number of hydrogen-bond acceptors (Lipinski definition) is 7. The van der Waals surface area contributed by atoms with Crippen LogP contribution in [-0.4, -0.2) is 51.4 Å². The number of sulfone groups is 1. The van der Waals surface area contributed by atoms with Gasteiger partial charge in [-0.1, -0.05) is 16.7 Å². The topological polar surface area (TPSA) is 127 Å². The monoisotopic (exact) mass is 427 g/mol. The number of amides is 1. The smallest absolute Gasteiger partial charge is 0.373 e. The van der Waals surface area contributed by atoms with Gasteiger partial charge in [0, 0.05) is 6.54 Å². The molecule has 0 fully saturated rings. The van der Waals surface area contributed by atoms with Gasteiger partial charge in [-0.3, -0.25) is 4.79 Å². The van der Waals surface area contributed by atoms with Crippen LogP contribution in [0.5, 0.6) is 0 Å². The summed E-state index contributed by atoms with van der Waals surface area (Å²) >= 11 is 5.88. The number of aryl methyl sites for hydroxylation is 1. The Balaban J connectivity index is 2.35. The van der Waals surface area contributed by atoms with E-state index < -0.39 is 32.7 Å². The summed E-state index contributed by atoms with van der Waals surface area (Å²) in [5.41, 5.74) is -3.98. The van der Waals surface area contributed by atoms with Crippen molar-refractivity contribution in [1.29, 1.82) is 0 Å². The Morgan fingerprint density at radius 3 is 2.52 bits per heavy atom. The Morgan fingerprint density at radius 2 is 2.00 bits per heavy atom. The van der Waals surface area contributed by atoms with Crippen molar-refractivity contribution in [2.24, 2.45) is 0 Å². The number of alkyl halides is 3. The third-order valence-corrected chi connectivity index (χ3v) is 5.49. The summed E-state index contributed by atoms with van der Waals surface area (Å²) in [7, 11) is -4.16. The Morgan fingerprint density at radius 1 is 1.37 bits per heavy atom. The van der Waals surface area contributed by atoms with E-state index in [0.29, 0.717) is 0 Å². The lowest BCUT2D eigenvalue weighted by molar-refractivity contribution is -0.242. The Hall–Kier alpha value is -2.25. The van der Waals surface area contributed by atoms with Crippen molar-refractivity contribution in [3.05, 3.63) is 23.2 Å². The highest BCUT2D eigenvalue weighted by Crippen LogP contribution is 2.33. The molecule has 1 heterocycles. The first-order chi connectivity index (χ1) is 12.3. The lowest BCUT2D eigenvalue weighted by Gasteiger charge is -2.25. The first-order valence-corrected chi connectivity index (χ1v) is 9.09. The molecule has 0 radical (unpaired) electrons. The van der Waals surface area contributed by atoms with Crippen molar-refractivity contribution in [3.8, 4) is 0 Å². The van der Waals surface area contributed by atoms with Gasteiger partial charge >= 0.3 is 6.18 Å². The van der Waals surface area contributed by atoms with Crippen molar-refractivity contribution < 1.29 is 31.5 Å². The molecular weight excluding hydrogens is 415 g/mol. The van der Waals surface area contributed by atoms with Crippen LogP contribution in [0.1, 0.15) is 13.8 Å². The van der Waals surface area contributed by atoms with Gasteiger partial charge in [0.1, 0.15) is 0 Å². The molecule has 148 valence electrons. The van der Waals surface area contributed by atoms with E-state index in [1.807, 2.05) is 5.32 Å². The van der Waals surface area contributed by atoms with Crippen LogP contribution in [0.3, 0.4) is 0 Å². The molecule has 14 heteroatoms. The van der Waals surface area contributed by atoms with Crippen molar-refractivity contribution in [1.82, 2.24) is 20.2 Å².